The molecule has 0 spiro atoms. The number of fused-ring (bicyclic) bond motifs is 5. The molecule has 132 valence electrons. The Balaban J connectivity index is 1.73. The van der Waals surface area contributed by atoms with Crippen LogP contribution in [0, 0.1) is 13.8 Å². The number of carbonyl (C=O) groups is 2. The smallest absolute Gasteiger partial charge is 0.259 e. The Labute approximate surface area is 153 Å². The first-order chi connectivity index (χ1) is 12.6. The summed E-state index contributed by atoms with van der Waals surface area (Å²) in [4.78, 5) is 29.7. The van der Waals surface area contributed by atoms with Crippen molar-refractivity contribution in [2.24, 2.45) is 0 Å². The summed E-state index contributed by atoms with van der Waals surface area (Å²) in [5, 5.41) is 0. The first kappa shape index (κ1) is 15.6. The molecule has 0 aliphatic carbocycles. The van der Waals surface area contributed by atoms with E-state index in [4.69, 9.17) is 0 Å². The van der Waals surface area contributed by atoms with Crippen LogP contribution in [0.25, 0.3) is 0 Å². The monoisotopic (exact) mass is 346 g/mol. The molecule has 0 radical (unpaired) electrons. The van der Waals surface area contributed by atoms with Gasteiger partial charge in [0.25, 0.3) is 5.91 Å². The molecule has 26 heavy (non-hydrogen) atoms. The molecule has 4 nitrogen and oxygen atoms in total. The number of carbonyl (C=O) groups excluding carboxylic acids is 2. The minimum Gasteiger partial charge on any atom is -0.335 e. The maximum atomic E-state index is 13.2. The molecule has 2 amide bonds. The Morgan fingerprint density at radius 1 is 1.04 bits per heavy atom. The number of nitrogens with zero attached hydrogens (tertiary/aromatic N) is 2. The van der Waals surface area contributed by atoms with Gasteiger partial charge in [0, 0.05) is 24.1 Å². The first-order valence-electron chi connectivity index (χ1n) is 9.39. The van der Waals surface area contributed by atoms with Gasteiger partial charge in [0.05, 0.1) is 17.8 Å². The van der Waals surface area contributed by atoms with Crippen molar-refractivity contribution in [1.82, 2.24) is 4.90 Å². The van der Waals surface area contributed by atoms with Crippen LogP contribution in [-0.2, 0) is 4.79 Å². The highest BCUT2D eigenvalue weighted by molar-refractivity contribution is 6.12. The van der Waals surface area contributed by atoms with Crippen molar-refractivity contribution in [3.8, 4) is 0 Å². The molecule has 1 saturated heterocycles. The van der Waals surface area contributed by atoms with Crippen LogP contribution in [0.3, 0.4) is 0 Å². The van der Waals surface area contributed by atoms with E-state index in [1.54, 1.807) is 0 Å². The second-order valence-electron chi connectivity index (χ2n) is 7.74. The summed E-state index contributed by atoms with van der Waals surface area (Å²) < 4.78 is 0. The molecule has 2 unspecified atom stereocenters. The Morgan fingerprint density at radius 2 is 1.85 bits per heavy atom. The van der Waals surface area contributed by atoms with E-state index in [-0.39, 0.29) is 23.9 Å². The highest BCUT2D eigenvalue weighted by atomic mass is 16.2. The topological polar surface area (TPSA) is 40.6 Å². The van der Waals surface area contributed by atoms with E-state index in [1.807, 2.05) is 28.0 Å². The van der Waals surface area contributed by atoms with Gasteiger partial charge in [-0.1, -0.05) is 24.3 Å². The quantitative estimate of drug-likeness (QED) is 0.781. The van der Waals surface area contributed by atoms with Crippen LogP contribution in [-0.4, -0.2) is 23.3 Å². The number of hydrogen-bond acceptors (Lipinski definition) is 2. The van der Waals surface area contributed by atoms with Gasteiger partial charge in [-0.3, -0.25) is 9.59 Å². The molecule has 3 heterocycles. The normalized spacial score (nSPS) is 23.9. The number of anilines is 1. The van der Waals surface area contributed by atoms with Crippen LogP contribution in [0.5, 0.6) is 0 Å². The standard InChI is InChI=1S/C22H22N2O2/c1-13-10-14(2)21-18(23-9-5-8-20(23)25)12-17-15-6-3-4-7-16(15)22(26)24(17)19(21)11-13/h3-4,6-7,10-11,17-18H,5,8-9,12H2,1-2H3. The van der Waals surface area contributed by atoms with Crippen molar-refractivity contribution in [1.29, 1.82) is 0 Å². The fraction of sp³-hybridized carbons (Fsp3) is 0.364. The van der Waals surface area contributed by atoms with E-state index in [0.717, 1.165) is 47.3 Å². The van der Waals surface area contributed by atoms with Crippen LogP contribution < -0.4 is 4.90 Å². The molecule has 4 heteroatoms. The van der Waals surface area contributed by atoms with Crippen LogP contribution in [0.4, 0.5) is 5.69 Å². The zero-order chi connectivity index (χ0) is 18.0. The van der Waals surface area contributed by atoms with E-state index < -0.39 is 0 Å². The van der Waals surface area contributed by atoms with Gasteiger partial charge >= 0.3 is 0 Å². The lowest BCUT2D eigenvalue weighted by Gasteiger charge is -2.42. The Bertz CT molecular complexity index is 949. The number of aryl methyl sites for hydroxylation is 2. The molecular formula is C22H22N2O2. The largest absolute Gasteiger partial charge is 0.335 e. The SMILES string of the molecule is Cc1cc(C)c2c(c1)N1C(=O)c3ccccc3C1CC2N1CCCC1=O. The fourth-order valence-corrected chi connectivity index (χ4v) is 5.10. The summed E-state index contributed by atoms with van der Waals surface area (Å²) in [7, 11) is 0. The third-order valence-electron chi connectivity index (χ3n) is 6.12. The van der Waals surface area contributed by atoms with Crippen molar-refractivity contribution >= 4 is 17.5 Å². The van der Waals surface area contributed by atoms with E-state index in [9.17, 15) is 9.59 Å². The third-order valence-corrected chi connectivity index (χ3v) is 6.12. The Hall–Kier alpha value is -2.62. The van der Waals surface area contributed by atoms with Crippen LogP contribution in [0.15, 0.2) is 36.4 Å². The van der Waals surface area contributed by atoms with E-state index in [1.165, 1.54) is 5.56 Å². The molecular weight excluding hydrogens is 324 g/mol. The number of rotatable bonds is 1. The van der Waals surface area contributed by atoms with Gasteiger partial charge in [-0.2, -0.15) is 0 Å². The van der Waals surface area contributed by atoms with Gasteiger partial charge in [-0.25, -0.2) is 0 Å². The average Bonchev–Trinajstić information content (AvgIpc) is 3.16. The second kappa shape index (κ2) is 5.44. The highest BCUT2D eigenvalue weighted by Gasteiger charge is 2.46. The summed E-state index contributed by atoms with van der Waals surface area (Å²) in [5.74, 6) is 0.329. The number of likely N-dealkylation sites (tertiary alicyclic amines) is 1. The summed E-state index contributed by atoms with van der Waals surface area (Å²) >= 11 is 0. The minimum absolute atomic E-state index is 0.0193. The summed E-state index contributed by atoms with van der Waals surface area (Å²) in [6, 6.07) is 12.3. The molecule has 2 atom stereocenters. The lowest BCUT2D eigenvalue weighted by atomic mass is 9.85. The lowest BCUT2D eigenvalue weighted by Crippen LogP contribution is -2.40. The van der Waals surface area contributed by atoms with Crippen molar-refractivity contribution in [3.63, 3.8) is 0 Å². The molecule has 0 N–H and O–H groups in total. The molecule has 0 saturated carbocycles. The second-order valence-corrected chi connectivity index (χ2v) is 7.74. The fourth-order valence-electron chi connectivity index (χ4n) is 5.10. The van der Waals surface area contributed by atoms with Gasteiger partial charge in [0.2, 0.25) is 5.91 Å². The van der Waals surface area contributed by atoms with Gasteiger partial charge in [0.1, 0.15) is 0 Å². The van der Waals surface area contributed by atoms with Crippen molar-refractivity contribution < 1.29 is 9.59 Å². The zero-order valence-corrected chi connectivity index (χ0v) is 15.2. The van der Waals surface area contributed by atoms with E-state index >= 15 is 0 Å². The maximum Gasteiger partial charge on any atom is 0.259 e. The first-order valence-corrected chi connectivity index (χ1v) is 9.39. The number of amides is 2. The van der Waals surface area contributed by atoms with Crippen molar-refractivity contribution in [2.75, 3.05) is 11.4 Å². The Morgan fingerprint density at radius 3 is 2.62 bits per heavy atom. The molecule has 2 aromatic rings. The molecule has 3 aliphatic rings. The highest BCUT2D eigenvalue weighted by Crippen LogP contribution is 2.52. The molecule has 2 aromatic carbocycles. The molecule has 5 rings (SSSR count). The van der Waals surface area contributed by atoms with Crippen LogP contribution in [0.1, 0.15) is 64.0 Å². The lowest BCUT2D eigenvalue weighted by molar-refractivity contribution is -0.130. The van der Waals surface area contributed by atoms with E-state index in [2.05, 4.69) is 32.0 Å². The number of benzene rings is 2. The van der Waals surface area contributed by atoms with E-state index in [0.29, 0.717) is 6.42 Å². The molecule has 3 aliphatic heterocycles. The average molecular weight is 346 g/mol. The maximum absolute atomic E-state index is 13.2. The predicted octanol–water partition coefficient (Wildman–Crippen LogP) is 4.07. The minimum atomic E-state index is 0.0193. The van der Waals surface area contributed by atoms with Crippen LogP contribution in [0.2, 0.25) is 0 Å². The third kappa shape index (κ3) is 2.02. The van der Waals surface area contributed by atoms with Gasteiger partial charge in [0.15, 0.2) is 0 Å². The van der Waals surface area contributed by atoms with Crippen LogP contribution >= 0.6 is 0 Å². The molecule has 0 aromatic heterocycles. The molecule has 1 fully saturated rings. The van der Waals surface area contributed by atoms with Gasteiger partial charge in [-0.05, 0) is 55.5 Å². The summed E-state index contributed by atoms with van der Waals surface area (Å²) in [6.45, 7) is 4.99. The van der Waals surface area contributed by atoms with Gasteiger partial charge in [-0.15, -0.1) is 0 Å². The predicted molar refractivity (Wildman–Crippen MR) is 100 cm³/mol. The van der Waals surface area contributed by atoms with Crippen molar-refractivity contribution in [3.05, 3.63) is 64.2 Å². The Kier molecular flexibility index (Phi) is 3.27. The number of hydrogen-bond donors (Lipinski definition) is 0. The zero-order valence-electron chi connectivity index (χ0n) is 15.2. The van der Waals surface area contributed by atoms with Crippen molar-refractivity contribution in [2.45, 2.75) is 45.2 Å². The van der Waals surface area contributed by atoms with Gasteiger partial charge < -0.3 is 9.80 Å². The molecule has 0 bridgehead atoms. The summed E-state index contributed by atoms with van der Waals surface area (Å²) in [5.41, 5.74) is 6.37. The summed E-state index contributed by atoms with van der Waals surface area (Å²) in [6.07, 6.45) is 2.35.